The first-order valence-electron chi connectivity index (χ1n) is 10.3. The van der Waals surface area contributed by atoms with E-state index >= 15 is 0 Å². The van der Waals surface area contributed by atoms with Crippen LogP contribution in [-0.2, 0) is 6.54 Å². The fraction of sp³-hybridized carbons (Fsp3) is 0.217. The quantitative estimate of drug-likeness (QED) is 0.290. The Kier molecular flexibility index (Phi) is 6.40. The van der Waals surface area contributed by atoms with Crippen molar-refractivity contribution in [2.45, 2.75) is 19.5 Å². The molecule has 0 unspecified atom stereocenters. The third-order valence-electron chi connectivity index (χ3n) is 5.35. The molecule has 0 fully saturated rings. The van der Waals surface area contributed by atoms with Crippen LogP contribution in [0.5, 0.6) is 5.75 Å². The number of pyridine rings is 1. The van der Waals surface area contributed by atoms with Gasteiger partial charge in [-0.05, 0) is 42.3 Å². The van der Waals surface area contributed by atoms with Crippen molar-refractivity contribution in [3.63, 3.8) is 0 Å². The number of carbonyl (C=O) groups is 1. The number of aliphatic hydroxyl groups is 2. The third-order valence-corrected chi connectivity index (χ3v) is 5.35. The number of phenols is 1. The lowest BCUT2D eigenvalue weighted by Gasteiger charge is -2.15. The Labute approximate surface area is 189 Å². The van der Waals surface area contributed by atoms with Crippen LogP contribution >= 0.6 is 0 Å². The summed E-state index contributed by atoms with van der Waals surface area (Å²) in [5.74, 6) is -0.793. The topological polar surface area (TPSA) is 139 Å². The molecule has 3 aromatic rings. The summed E-state index contributed by atoms with van der Waals surface area (Å²) in [6, 6.07) is 8.98. The predicted molar refractivity (Wildman–Crippen MR) is 123 cm³/mol. The Morgan fingerprint density at radius 3 is 2.61 bits per heavy atom. The van der Waals surface area contributed by atoms with Gasteiger partial charge in [-0.15, -0.1) is 0 Å². The average molecular weight is 453 g/mol. The first kappa shape index (κ1) is 22.5. The molecule has 10 heteroatoms. The number of benzene rings is 2. The number of hydrogen-bond acceptors (Lipinski definition) is 8. The van der Waals surface area contributed by atoms with Crippen molar-refractivity contribution in [1.82, 2.24) is 10.3 Å². The molecule has 2 heterocycles. The number of rotatable bonds is 7. The van der Waals surface area contributed by atoms with Crippen LogP contribution in [0, 0.1) is 12.7 Å². The SMILES string of the molecule is Cc1cc(F)c(Nc2ccnc3c2C(=O)Nc2cc(CNC(CO)CO)ccc2N3)cc1O. The number of hydrogen-bond donors (Lipinski definition) is 7. The monoisotopic (exact) mass is 453 g/mol. The Morgan fingerprint density at radius 2 is 1.85 bits per heavy atom. The summed E-state index contributed by atoms with van der Waals surface area (Å²) in [6.45, 7) is 1.57. The number of nitrogens with one attached hydrogen (secondary N) is 4. The van der Waals surface area contributed by atoms with Crippen LogP contribution in [0.25, 0.3) is 0 Å². The second-order valence-corrected chi connectivity index (χ2v) is 7.73. The summed E-state index contributed by atoms with van der Waals surface area (Å²) in [7, 11) is 0. The zero-order valence-corrected chi connectivity index (χ0v) is 17.8. The van der Waals surface area contributed by atoms with Crippen LogP contribution in [0.4, 0.5) is 33.0 Å². The van der Waals surface area contributed by atoms with E-state index in [1.807, 2.05) is 6.07 Å². The molecule has 0 radical (unpaired) electrons. The highest BCUT2D eigenvalue weighted by atomic mass is 19.1. The van der Waals surface area contributed by atoms with Gasteiger partial charge in [-0.25, -0.2) is 9.37 Å². The maximum atomic E-state index is 14.4. The van der Waals surface area contributed by atoms with Crippen LogP contribution in [-0.4, -0.2) is 45.5 Å². The third kappa shape index (κ3) is 4.72. The number of aromatic hydroxyl groups is 1. The fourth-order valence-corrected chi connectivity index (χ4v) is 3.47. The van der Waals surface area contributed by atoms with E-state index in [1.165, 1.54) is 18.3 Å². The molecule has 0 saturated carbocycles. The van der Waals surface area contributed by atoms with E-state index in [1.54, 1.807) is 25.1 Å². The van der Waals surface area contributed by atoms with Crippen LogP contribution in [0.3, 0.4) is 0 Å². The number of aliphatic hydroxyl groups excluding tert-OH is 2. The van der Waals surface area contributed by atoms with Crippen molar-refractivity contribution in [2.24, 2.45) is 0 Å². The lowest BCUT2D eigenvalue weighted by Crippen LogP contribution is -2.35. The van der Waals surface area contributed by atoms with Gasteiger partial charge in [-0.2, -0.15) is 0 Å². The summed E-state index contributed by atoms with van der Waals surface area (Å²) in [4.78, 5) is 17.4. The highest BCUT2D eigenvalue weighted by Gasteiger charge is 2.24. The minimum absolute atomic E-state index is 0.0248. The van der Waals surface area contributed by atoms with Gasteiger partial charge in [0.15, 0.2) is 0 Å². The number of aromatic nitrogens is 1. The maximum Gasteiger partial charge on any atom is 0.261 e. The summed E-state index contributed by atoms with van der Waals surface area (Å²) >= 11 is 0. The minimum Gasteiger partial charge on any atom is -0.508 e. The van der Waals surface area contributed by atoms with Gasteiger partial charge in [-0.3, -0.25) is 4.79 Å². The Balaban J connectivity index is 1.62. The summed E-state index contributed by atoms with van der Waals surface area (Å²) in [5, 5.41) is 40.2. The molecule has 1 amide bonds. The standard InChI is InChI=1S/C23H24FN5O4/c1-12-6-15(24)18(8-20(12)32)27-17-4-5-25-22-21(17)23(33)29-19-7-13(2-3-16(19)28-22)9-26-14(10-30)11-31/h2-8,14,26,30-32H,9-11H2,1H3,(H,29,33)(H2,25,27,28). The van der Waals surface area contributed by atoms with E-state index in [2.05, 4.69) is 26.3 Å². The van der Waals surface area contributed by atoms with Crippen molar-refractivity contribution in [1.29, 1.82) is 0 Å². The van der Waals surface area contributed by atoms with Gasteiger partial charge in [0.05, 0.1) is 42.0 Å². The first-order valence-corrected chi connectivity index (χ1v) is 10.3. The van der Waals surface area contributed by atoms with Gasteiger partial charge >= 0.3 is 0 Å². The predicted octanol–water partition coefficient (Wildman–Crippen LogP) is 2.73. The molecular weight excluding hydrogens is 429 g/mol. The second-order valence-electron chi connectivity index (χ2n) is 7.73. The Hall–Kier alpha value is -3.73. The van der Waals surface area contributed by atoms with E-state index in [-0.39, 0.29) is 30.2 Å². The normalized spacial score (nSPS) is 12.5. The summed E-state index contributed by atoms with van der Waals surface area (Å²) in [6.07, 6.45) is 1.49. The van der Waals surface area contributed by atoms with E-state index in [4.69, 9.17) is 0 Å². The number of phenolic OH excluding ortho intramolecular Hbond substituents is 1. The van der Waals surface area contributed by atoms with Crippen LogP contribution in [0.1, 0.15) is 21.5 Å². The highest BCUT2D eigenvalue weighted by Crippen LogP contribution is 2.36. The van der Waals surface area contributed by atoms with E-state index in [0.717, 1.165) is 5.56 Å². The minimum atomic E-state index is -0.567. The summed E-state index contributed by atoms with van der Waals surface area (Å²) < 4.78 is 14.4. The van der Waals surface area contributed by atoms with Crippen LogP contribution in [0.2, 0.25) is 0 Å². The van der Waals surface area contributed by atoms with E-state index in [0.29, 0.717) is 35.0 Å². The molecule has 0 atom stereocenters. The molecule has 1 aliphatic rings. The molecule has 1 aromatic heterocycles. The zero-order chi connectivity index (χ0) is 23.5. The molecule has 0 bridgehead atoms. The van der Waals surface area contributed by atoms with Crippen LogP contribution < -0.4 is 21.3 Å². The molecular formula is C23H24FN5O4. The Bertz CT molecular complexity index is 1200. The first-order chi connectivity index (χ1) is 15.9. The molecule has 9 nitrogen and oxygen atoms in total. The van der Waals surface area contributed by atoms with E-state index in [9.17, 15) is 24.5 Å². The lowest BCUT2D eigenvalue weighted by molar-refractivity contribution is 0.102. The number of anilines is 5. The van der Waals surface area contributed by atoms with Crippen molar-refractivity contribution < 1.29 is 24.5 Å². The molecule has 0 aliphatic carbocycles. The van der Waals surface area contributed by atoms with Gasteiger partial charge < -0.3 is 36.6 Å². The van der Waals surface area contributed by atoms with Gasteiger partial charge in [0.25, 0.3) is 5.91 Å². The van der Waals surface area contributed by atoms with Crippen molar-refractivity contribution in [2.75, 3.05) is 29.2 Å². The largest absolute Gasteiger partial charge is 0.508 e. The van der Waals surface area contributed by atoms with E-state index < -0.39 is 17.8 Å². The molecule has 172 valence electrons. The number of fused-ring (bicyclic) bond motifs is 2. The molecule has 4 rings (SSSR count). The van der Waals surface area contributed by atoms with Gasteiger partial charge in [0, 0.05) is 18.8 Å². The zero-order valence-electron chi connectivity index (χ0n) is 17.8. The number of halogens is 1. The van der Waals surface area contributed by atoms with Crippen LogP contribution in [0.15, 0.2) is 42.6 Å². The fourth-order valence-electron chi connectivity index (χ4n) is 3.47. The molecule has 33 heavy (non-hydrogen) atoms. The number of amides is 1. The highest BCUT2D eigenvalue weighted by molar-refractivity contribution is 6.15. The molecule has 7 N–H and O–H groups in total. The smallest absolute Gasteiger partial charge is 0.261 e. The average Bonchev–Trinajstić information content (AvgIpc) is 2.94. The molecule has 0 spiro atoms. The van der Waals surface area contributed by atoms with Gasteiger partial charge in [0.1, 0.15) is 22.9 Å². The molecule has 0 saturated heterocycles. The number of nitrogens with zero attached hydrogens (tertiary/aromatic N) is 1. The van der Waals surface area contributed by atoms with Gasteiger partial charge in [0.2, 0.25) is 0 Å². The van der Waals surface area contributed by atoms with Crippen molar-refractivity contribution in [3.8, 4) is 5.75 Å². The molecule has 2 aromatic carbocycles. The molecule has 1 aliphatic heterocycles. The maximum absolute atomic E-state index is 14.4. The van der Waals surface area contributed by atoms with Gasteiger partial charge in [-0.1, -0.05) is 6.07 Å². The number of carbonyl (C=O) groups excluding carboxylic acids is 1. The van der Waals surface area contributed by atoms with Crippen molar-refractivity contribution in [3.05, 3.63) is 65.1 Å². The lowest BCUT2D eigenvalue weighted by atomic mass is 10.1. The second kappa shape index (κ2) is 9.41. The number of aryl methyl sites for hydroxylation is 1. The Morgan fingerprint density at radius 1 is 1.06 bits per heavy atom. The van der Waals surface area contributed by atoms with Crippen molar-refractivity contribution >= 4 is 34.5 Å². The summed E-state index contributed by atoms with van der Waals surface area (Å²) in [5.41, 5.74) is 2.90.